The van der Waals surface area contributed by atoms with Crippen molar-refractivity contribution in [3.63, 3.8) is 0 Å². The molecular formula is C25H27Cl2NO5S. The van der Waals surface area contributed by atoms with Crippen LogP contribution < -0.4 is 5.32 Å². The summed E-state index contributed by atoms with van der Waals surface area (Å²) in [6.07, 6.45) is 0.231. The van der Waals surface area contributed by atoms with Gasteiger partial charge < -0.3 is 15.5 Å². The average Bonchev–Trinajstić information content (AvgIpc) is 2.81. The smallest absolute Gasteiger partial charge is 0.303 e. The van der Waals surface area contributed by atoms with Crippen molar-refractivity contribution in [2.45, 2.75) is 35.2 Å². The van der Waals surface area contributed by atoms with Gasteiger partial charge in [-0.3, -0.25) is 4.79 Å². The summed E-state index contributed by atoms with van der Waals surface area (Å²) in [6.45, 7) is 1.00. The van der Waals surface area contributed by atoms with E-state index in [-0.39, 0.29) is 35.0 Å². The molecule has 34 heavy (non-hydrogen) atoms. The summed E-state index contributed by atoms with van der Waals surface area (Å²) in [6, 6.07) is 20.2. The van der Waals surface area contributed by atoms with Crippen LogP contribution in [0.2, 0.25) is 5.02 Å². The van der Waals surface area contributed by atoms with Crippen molar-refractivity contribution < 1.29 is 23.4 Å². The van der Waals surface area contributed by atoms with E-state index < -0.39 is 21.9 Å². The van der Waals surface area contributed by atoms with E-state index in [1.54, 1.807) is 54.6 Å². The fraction of sp³-hybridized carbons (Fsp3) is 0.240. The van der Waals surface area contributed by atoms with Crippen LogP contribution in [0.4, 0.5) is 0 Å². The number of benzene rings is 3. The van der Waals surface area contributed by atoms with Gasteiger partial charge in [0.25, 0.3) is 0 Å². The predicted octanol–water partition coefficient (Wildman–Crippen LogP) is 4.48. The molecule has 0 aliphatic heterocycles. The molecule has 0 saturated heterocycles. The van der Waals surface area contributed by atoms with Crippen molar-refractivity contribution in [3.05, 3.63) is 94.5 Å². The van der Waals surface area contributed by atoms with E-state index in [1.165, 1.54) is 12.1 Å². The van der Waals surface area contributed by atoms with Gasteiger partial charge in [0, 0.05) is 18.0 Å². The van der Waals surface area contributed by atoms with E-state index in [9.17, 15) is 18.3 Å². The van der Waals surface area contributed by atoms with E-state index in [2.05, 4.69) is 5.32 Å². The second kappa shape index (κ2) is 12.9. The second-order valence-corrected chi connectivity index (χ2v) is 10.1. The molecule has 0 aliphatic carbocycles. The quantitative estimate of drug-likeness (QED) is 0.320. The van der Waals surface area contributed by atoms with Gasteiger partial charge in [0.2, 0.25) is 9.84 Å². The molecule has 0 heterocycles. The van der Waals surface area contributed by atoms with Gasteiger partial charge >= 0.3 is 5.97 Å². The first kappa shape index (κ1) is 27.8. The Morgan fingerprint density at radius 2 is 1.62 bits per heavy atom. The molecule has 9 heteroatoms. The number of rotatable bonds is 11. The molecule has 1 atom stereocenters. The van der Waals surface area contributed by atoms with Crippen molar-refractivity contribution in [3.8, 4) is 0 Å². The van der Waals surface area contributed by atoms with Gasteiger partial charge in [-0.1, -0.05) is 48.0 Å². The van der Waals surface area contributed by atoms with Crippen LogP contribution >= 0.6 is 24.0 Å². The summed E-state index contributed by atoms with van der Waals surface area (Å²) in [7, 11) is -3.69. The SMILES string of the molecule is Cl.O=C(O)CCc1cccc(S(=O)(=O)c2ccc(CCNC[C@@H](O)c3cccc(Cl)c3)cc2)c1. The van der Waals surface area contributed by atoms with Crippen LogP contribution in [0.3, 0.4) is 0 Å². The second-order valence-electron chi connectivity index (χ2n) is 7.71. The van der Waals surface area contributed by atoms with Gasteiger partial charge in [-0.15, -0.1) is 12.4 Å². The Balaban J connectivity index is 0.00000408. The van der Waals surface area contributed by atoms with Crippen molar-refractivity contribution >= 4 is 39.8 Å². The van der Waals surface area contributed by atoms with Crippen LogP contribution in [0.15, 0.2) is 82.6 Å². The highest BCUT2D eigenvalue weighted by Crippen LogP contribution is 2.23. The monoisotopic (exact) mass is 523 g/mol. The Morgan fingerprint density at radius 3 is 2.29 bits per heavy atom. The number of carboxylic acids is 1. The van der Waals surface area contributed by atoms with Crippen LogP contribution in [0.5, 0.6) is 0 Å². The number of hydrogen-bond acceptors (Lipinski definition) is 5. The lowest BCUT2D eigenvalue weighted by Gasteiger charge is -2.13. The maximum atomic E-state index is 13.0. The maximum Gasteiger partial charge on any atom is 0.303 e. The number of aliphatic carboxylic acids is 1. The van der Waals surface area contributed by atoms with E-state index in [0.29, 0.717) is 30.1 Å². The van der Waals surface area contributed by atoms with Crippen molar-refractivity contribution in [2.75, 3.05) is 13.1 Å². The fourth-order valence-electron chi connectivity index (χ4n) is 3.39. The number of aryl methyl sites for hydroxylation is 1. The minimum atomic E-state index is -3.69. The van der Waals surface area contributed by atoms with Crippen molar-refractivity contribution in [1.29, 1.82) is 0 Å². The molecule has 0 fully saturated rings. The van der Waals surface area contributed by atoms with Crippen LogP contribution in [0.1, 0.15) is 29.2 Å². The lowest BCUT2D eigenvalue weighted by atomic mass is 10.1. The highest BCUT2D eigenvalue weighted by molar-refractivity contribution is 7.91. The number of nitrogens with one attached hydrogen (secondary N) is 1. The standard InChI is InChI=1S/C25H26ClNO5S.ClH/c26-21-5-2-4-20(16-21)24(28)17-27-14-13-18-7-10-22(11-8-18)33(31,32)23-6-1-3-19(15-23)9-12-25(29)30;/h1-8,10-11,15-16,24,27-28H,9,12-14,17H2,(H,29,30);1H/t24-;/m1./s1. The number of sulfone groups is 1. The minimum Gasteiger partial charge on any atom is -0.481 e. The molecule has 0 bridgehead atoms. The Morgan fingerprint density at radius 1 is 0.912 bits per heavy atom. The lowest BCUT2D eigenvalue weighted by Crippen LogP contribution is -2.23. The summed E-state index contributed by atoms with van der Waals surface area (Å²) in [5.41, 5.74) is 2.38. The Hall–Kier alpha value is -2.42. The number of carboxylic acid groups (broad SMARTS) is 1. The number of halogens is 2. The summed E-state index contributed by atoms with van der Waals surface area (Å²) in [4.78, 5) is 11.1. The van der Waals surface area contributed by atoms with E-state index in [1.807, 2.05) is 6.07 Å². The summed E-state index contributed by atoms with van der Waals surface area (Å²) in [5.74, 6) is -0.924. The molecule has 0 saturated carbocycles. The van der Waals surface area contributed by atoms with Gasteiger partial charge in [-0.25, -0.2) is 8.42 Å². The first-order chi connectivity index (χ1) is 15.8. The zero-order chi connectivity index (χ0) is 23.8. The first-order valence-corrected chi connectivity index (χ1v) is 12.4. The molecule has 182 valence electrons. The highest BCUT2D eigenvalue weighted by atomic mass is 35.5. The summed E-state index contributed by atoms with van der Waals surface area (Å²) < 4.78 is 25.9. The molecule has 0 radical (unpaired) electrons. The molecule has 0 amide bonds. The number of aliphatic hydroxyl groups excluding tert-OH is 1. The fourth-order valence-corrected chi connectivity index (χ4v) is 4.92. The molecule has 3 aromatic carbocycles. The van der Waals surface area contributed by atoms with E-state index in [4.69, 9.17) is 16.7 Å². The molecule has 3 rings (SSSR count). The normalized spacial score (nSPS) is 12.1. The minimum absolute atomic E-state index is 0. The molecule has 0 spiro atoms. The summed E-state index contributed by atoms with van der Waals surface area (Å²) in [5, 5.41) is 22.8. The Labute approximate surface area is 210 Å². The van der Waals surface area contributed by atoms with Crippen molar-refractivity contribution in [2.24, 2.45) is 0 Å². The summed E-state index contributed by atoms with van der Waals surface area (Å²) >= 11 is 5.95. The third-order valence-electron chi connectivity index (χ3n) is 5.23. The van der Waals surface area contributed by atoms with Gasteiger partial charge in [0.15, 0.2) is 0 Å². The Bertz CT molecular complexity index is 1200. The number of carbonyl (C=O) groups is 1. The van der Waals surface area contributed by atoms with Crippen LogP contribution in [0.25, 0.3) is 0 Å². The third kappa shape index (κ3) is 7.82. The molecular weight excluding hydrogens is 497 g/mol. The third-order valence-corrected chi connectivity index (χ3v) is 7.23. The largest absolute Gasteiger partial charge is 0.481 e. The van der Waals surface area contributed by atoms with Gasteiger partial charge in [-0.05, 0) is 72.5 Å². The van der Waals surface area contributed by atoms with Gasteiger partial charge in [-0.2, -0.15) is 0 Å². The maximum absolute atomic E-state index is 13.0. The zero-order valence-electron chi connectivity index (χ0n) is 18.4. The van der Waals surface area contributed by atoms with Gasteiger partial charge in [0.1, 0.15) is 0 Å². The number of hydrogen-bond donors (Lipinski definition) is 3. The predicted molar refractivity (Wildman–Crippen MR) is 135 cm³/mol. The van der Waals surface area contributed by atoms with Crippen molar-refractivity contribution in [1.82, 2.24) is 5.32 Å². The van der Waals surface area contributed by atoms with Crippen LogP contribution in [0, 0.1) is 0 Å². The molecule has 3 N–H and O–H groups in total. The molecule has 0 aromatic heterocycles. The molecule has 6 nitrogen and oxygen atoms in total. The topological polar surface area (TPSA) is 104 Å². The number of aliphatic hydroxyl groups is 1. The molecule has 0 aliphatic rings. The lowest BCUT2D eigenvalue weighted by molar-refractivity contribution is -0.136. The Kier molecular flexibility index (Phi) is 10.5. The van der Waals surface area contributed by atoms with E-state index in [0.717, 1.165) is 11.1 Å². The zero-order valence-corrected chi connectivity index (χ0v) is 20.7. The molecule has 3 aromatic rings. The van der Waals surface area contributed by atoms with Crippen LogP contribution in [-0.2, 0) is 27.5 Å². The highest BCUT2D eigenvalue weighted by Gasteiger charge is 2.18. The van der Waals surface area contributed by atoms with E-state index >= 15 is 0 Å². The average molecular weight is 524 g/mol. The van der Waals surface area contributed by atoms with Crippen LogP contribution in [-0.4, -0.2) is 37.7 Å². The first-order valence-electron chi connectivity index (χ1n) is 10.5. The molecule has 0 unspecified atom stereocenters. The van der Waals surface area contributed by atoms with Gasteiger partial charge in [0.05, 0.1) is 15.9 Å².